The minimum Gasteiger partial charge on any atom is -0.495 e. The van der Waals surface area contributed by atoms with Crippen LogP contribution in [-0.2, 0) is 11.8 Å². The summed E-state index contributed by atoms with van der Waals surface area (Å²) in [4.78, 5) is 18.5. The standard InChI is InChI=1S/C24H22N2O3S/c1-26-21-18(28-2)14-15-19(29-3)22(21)30-24(26)25-23(27)20(16-10-6-4-7-11-16)17-12-8-5-9-13-17/h4-15,20H,1-3H3. The highest BCUT2D eigenvalue weighted by molar-refractivity contribution is 7.16. The van der Waals surface area contributed by atoms with Gasteiger partial charge in [-0.15, -0.1) is 0 Å². The third kappa shape index (κ3) is 3.62. The Kier molecular flexibility index (Phi) is 5.68. The van der Waals surface area contributed by atoms with Crippen LogP contribution in [0.3, 0.4) is 0 Å². The van der Waals surface area contributed by atoms with Gasteiger partial charge < -0.3 is 14.0 Å². The predicted molar refractivity (Wildman–Crippen MR) is 119 cm³/mol. The largest absolute Gasteiger partial charge is 0.495 e. The third-order valence-electron chi connectivity index (χ3n) is 5.03. The Morgan fingerprint density at radius 2 is 1.40 bits per heavy atom. The monoisotopic (exact) mass is 418 g/mol. The number of aromatic nitrogens is 1. The number of benzene rings is 3. The smallest absolute Gasteiger partial charge is 0.260 e. The van der Waals surface area contributed by atoms with Crippen molar-refractivity contribution in [2.24, 2.45) is 12.0 Å². The van der Waals surface area contributed by atoms with Gasteiger partial charge in [-0.25, -0.2) is 0 Å². The van der Waals surface area contributed by atoms with Gasteiger partial charge in [0.2, 0.25) is 0 Å². The van der Waals surface area contributed by atoms with Crippen LogP contribution in [0.4, 0.5) is 0 Å². The number of fused-ring (bicyclic) bond motifs is 1. The number of rotatable bonds is 5. The minimum absolute atomic E-state index is 0.215. The summed E-state index contributed by atoms with van der Waals surface area (Å²) in [7, 11) is 5.14. The molecule has 0 saturated heterocycles. The summed E-state index contributed by atoms with van der Waals surface area (Å²) in [5.74, 6) is 0.748. The Hall–Kier alpha value is -3.38. The topological polar surface area (TPSA) is 52.8 Å². The molecule has 1 aromatic heterocycles. The van der Waals surface area contributed by atoms with E-state index in [9.17, 15) is 4.79 Å². The van der Waals surface area contributed by atoms with Gasteiger partial charge in [0.1, 0.15) is 21.7 Å². The Balaban J connectivity index is 1.88. The molecule has 0 unspecified atom stereocenters. The lowest BCUT2D eigenvalue weighted by atomic mass is 9.91. The molecule has 4 rings (SSSR count). The number of aryl methyl sites for hydroxylation is 1. The van der Waals surface area contributed by atoms with Gasteiger partial charge in [0.15, 0.2) is 4.80 Å². The van der Waals surface area contributed by atoms with Crippen LogP contribution >= 0.6 is 11.3 Å². The fraction of sp³-hybridized carbons (Fsp3) is 0.167. The van der Waals surface area contributed by atoms with Crippen LogP contribution in [0.2, 0.25) is 0 Å². The summed E-state index contributed by atoms with van der Waals surface area (Å²) < 4.78 is 13.8. The molecule has 0 bridgehead atoms. The van der Waals surface area contributed by atoms with Gasteiger partial charge in [-0.1, -0.05) is 72.0 Å². The SMILES string of the molecule is COc1ccc(OC)c2c1sc(=NC(=O)C(c1ccccc1)c1ccccc1)n2C. The highest BCUT2D eigenvalue weighted by Gasteiger charge is 2.23. The van der Waals surface area contributed by atoms with Crippen molar-refractivity contribution in [1.82, 2.24) is 4.57 Å². The first-order valence-corrected chi connectivity index (χ1v) is 10.3. The van der Waals surface area contributed by atoms with Crippen LogP contribution in [0.5, 0.6) is 11.5 Å². The van der Waals surface area contributed by atoms with E-state index >= 15 is 0 Å². The van der Waals surface area contributed by atoms with Crippen LogP contribution in [0, 0.1) is 0 Å². The van der Waals surface area contributed by atoms with Crippen molar-refractivity contribution in [3.8, 4) is 11.5 Å². The second kappa shape index (κ2) is 8.55. The Morgan fingerprint density at radius 1 is 0.867 bits per heavy atom. The zero-order chi connectivity index (χ0) is 21.1. The Bertz CT molecular complexity index is 1200. The van der Waals surface area contributed by atoms with Crippen molar-refractivity contribution in [2.75, 3.05) is 14.2 Å². The van der Waals surface area contributed by atoms with Gasteiger partial charge in [-0.3, -0.25) is 4.79 Å². The molecular weight excluding hydrogens is 396 g/mol. The lowest BCUT2D eigenvalue weighted by Crippen LogP contribution is -2.18. The summed E-state index contributed by atoms with van der Waals surface area (Å²) in [6.07, 6.45) is 0. The van der Waals surface area contributed by atoms with Crippen LogP contribution in [-0.4, -0.2) is 24.7 Å². The maximum absolute atomic E-state index is 13.4. The third-order valence-corrected chi connectivity index (χ3v) is 6.18. The van der Waals surface area contributed by atoms with Gasteiger partial charge in [-0.2, -0.15) is 4.99 Å². The van der Waals surface area contributed by atoms with E-state index in [0.29, 0.717) is 10.6 Å². The van der Waals surface area contributed by atoms with Gasteiger partial charge in [0.25, 0.3) is 5.91 Å². The fourth-order valence-electron chi connectivity index (χ4n) is 3.56. The molecular formula is C24H22N2O3S. The summed E-state index contributed by atoms with van der Waals surface area (Å²) in [6.45, 7) is 0. The van der Waals surface area contributed by atoms with Crippen molar-refractivity contribution < 1.29 is 14.3 Å². The van der Waals surface area contributed by atoms with Crippen LogP contribution < -0.4 is 14.3 Å². The lowest BCUT2D eigenvalue weighted by Gasteiger charge is -2.14. The molecule has 0 aliphatic heterocycles. The molecule has 0 saturated carbocycles. The number of ether oxygens (including phenoxy) is 2. The summed E-state index contributed by atoms with van der Waals surface area (Å²) >= 11 is 1.41. The summed E-state index contributed by atoms with van der Waals surface area (Å²) in [6, 6.07) is 23.2. The minimum atomic E-state index is -0.471. The van der Waals surface area contributed by atoms with Crippen LogP contribution in [0.25, 0.3) is 10.2 Å². The average Bonchev–Trinajstić information content (AvgIpc) is 3.11. The maximum Gasteiger partial charge on any atom is 0.260 e. The molecule has 0 spiro atoms. The fourth-order valence-corrected chi connectivity index (χ4v) is 4.69. The molecule has 1 heterocycles. The molecule has 0 aliphatic rings. The number of hydrogen-bond donors (Lipinski definition) is 0. The second-order valence-electron chi connectivity index (χ2n) is 6.80. The maximum atomic E-state index is 13.4. The second-order valence-corrected chi connectivity index (χ2v) is 7.77. The van der Waals surface area contributed by atoms with Crippen molar-refractivity contribution in [1.29, 1.82) is 0 Å². The summed E-state index contributed by atoms with van der Waals surface area (Å²) in [5.41, 5.74) is 2.68. The predicted octanol–water partition coefficient (Wildman–Crippen LogP) is 4.52. The Labute approximate surface area is 178 Å². The van der Waals surface area contributed by atoms with Crippen molar-refractivity contribution in [2.45, 2.75) is 5.92 Å². The number of hydrogen-bond acceptors (Lipinski definition) is 4. The van der Waals surface area contributed by atoms with E-state index in [1.165, 1.54) is 11.3 Å². The first kappa shape index (κ1) is 19.9. The number of nitrogens with zero attached hydrogens (tertiary/aromatic N) is 2. The molecule has 0 atom stereocenters. The molecule has 0 radical (unpaired) electrons. The number of thiazole rings is 1. The van der Waals surface area contributed by atoms with E-state index < -0.39 is 5.92 Å². The van der Waals surface area contributed by atoms with E-state index in [1.54, 1.807) is 14.2 Å². The van der Waals surface area contributed by atoms with Gasteiger partial charge >= 0.3 is 0 Å². The van der Waals surface area contributed by atoms with E-state index in [4.69, 9.17) is 9.47 Å². The van der Waals surface area contributed by atoms with Crippen molar-refractivity contribution in [3.05, 3.63) is 88.7 Å². The first-order valence-electron chi connectivity index (χ1n) is 9.53. The number of carbonyl (C=O) groups excluding carboxylic acids is 1. The number of carbonyl (C=O) groups is 1. The van der Waals surface area contributed by atoms with Gasteiger partial charge in [-0.05, 0) is 23.3 Å². The van der Waals surface area contributed by atoms with E-state index in [2.05, 4.69) is 4.99 Å². The summed E-state index contributed by atoms with van der Waals surface area (Å²) in [5, 5.41) is 0. The van der Waals surface area contributed by atoms with Crippen molar-refractivity contribution >= 4 is 27.5 Å². The Morgan fingerprint density at radius 3 is 1.93 bits per heavy atom. The van der Waals surface area contributed by atoms with Gasteiger partial charge in [0, 0.05) is 7.05 Å². The molecule has 6 heteroatoms. The number of methoxy groups -OCH3 is 2. The zero-order valence-electron chi connectivity index (χ0n) is 17.0. The van der Waals surface area contributed by atoms with Crippen molar-refractivity contribution in [3.63, 3.8) is 0 Å². The molecule has 30 heavy (non-hydrogen) atoms. The molecule has 0 aliphatic carbocycles. The molecule has 3 aromatic carbocycles. The van der Waals surface area contributed by atoms with E-state index in [0.717, 1.165) is 27.1 Å². The highest BCUT2D eigenvalue weighted by atomic mass is 32.1. The normalized spacial score (nSPS) is 11.8. The average molecular weight is 419 g/mol. The first-order chi connectivity index (χ1) is 14.6. The molecule has 0 fully saturated rings. The zero-order valence-corrected chi connectivity index (χ0v) is 17.8. The number of amides is 1. The van der Waals surface area contributed by atoms with Gasteiger partial charge in [0.05, 0.1) is 20.1 Å². The van der Waals surface area contributed by atoms with Crippen LogP contribution in [0.1, 0.15) is 17.0 Å². The molecule has 4 aromatic rings. The van der Waals surface area contributed by atoms with E-state index in [-0.39, 0.29) is 5.91 Å². The highest BCUT2D eigenvalue weighted by Crippen LogP contribution is 2.34. The van der Waals surface area contributed by atoms with Crippen LogP contribution in [0.15, 0.2) is 77.8 Å². The molecule has 0 N–H and O–H groups in total. The van der Waals surface area contributed by atoms with E-state index in [1.807, 2.05) is 84.4 Å². The quantitative estimate of drug-likeness (QED) is 0.479. The molecule has 152 valence electrons. The molecule has 1 amide bonds. The molecule has 5 nitrogen and oxygen atoms in total. The lowest BCUT2D eigenvalue weighted by molar-refractivity contribution is -0.118.